The first-order valence-corrected chi connectivity index (χ1v) is 6.23. The minimum atomic E-state index is -0.645. The van der Waals surface area contributed by atoms with Gasteiger partial charge >= 0.3 is 0 Å². The van der Waals surface area contributed by atoms with Crippen LogP contribution in [0.25, 0.3) is 0 Å². The molecule has 0 radical (unpaired) electrons. The molecular formula is C13H18N4O. The summed E-state index contributed by atoms with van der Waals surface area (Å²) >= 11 is 0. The number of nitriles is 1. The number of aromatic nitrogens is 2. The molecule has 0 saturated carbocycles. The van der Waals surface area contributed by atoms with E-state index in [2.05, 4.69) is 11.1 Å². The second-order valence-electron chi connectivity index (χ2n) is 5.25. The number of hydrogen-bond acceptors (Lipinski definition) is 3. The Bertz CT molecular complexity index is 458. The molecule has 1 saturated heterocycles. The van der Waals surface area contributed by atoms with Crippen molar-refractivity contribution in [3.05, 3.63) is 18.7 Å². The van der Waals surface area contributed by atoms with E-state index in [1.54, 1.807) is 23.6 Å². The first-order chi connectivity index (χ1) is 8.55. The largest absolute Gasteiger partial charge is 0.339 e. The van der Waals surface area contributed by atoms with E-state index in [0.717, 1.165) is 19.4 Å². The summed E-state index contributed by atoms with van der Waals surface area (Å²) in [6, 6.07) is 2.26. The van der Waals surface area contributed by atoms with Gasteiger partial charge < -0.3 is 9.47 Å². The third kappa shape index (κ3) is 2.23. The Morgan fingerprint density at radius 2 is 2.33 bits per heavy atom. The monoisotopic (exact) mass is 246 g/mol. The summed E-state index contributed by atoms with van der Waals surface area (Å²) < 4.78 is 1.81. The molecule has 0 aliphatic carbocycles. The predicted molar refractivity (Wildman–Crippen MR) is 66.5 cm³/mol. The summed E-state index contributed by atoms with van der Waals surface area (Å²) in [5.41, 5.74) is -0.645. The van der Waals surface area contributed by atoms with E-state index < -0.39 is 5.54 Å². The number of hydrogen-bond donors (Lipinski definition) is 0. The summed E-state index contributed by atoms with van der Waals surface area (Å²) in [4.78, 5) is 18.3. The predicted octanol–water partition coefficient (Wildman–Crippen LogP) is 1.38. The van der Waals surface area contributed by atoms with Crippen LogP contribution < -0.4 is 0 Å². The van der Waals surface area contributed by atoms with Crippen molar-refractivity contribution < 1.29 is 4.79 Å². The van der Waals surface area contributed by atoms with Crippen molar-refractivity contribution in [1.82, 2.24) is 14.5 Å². The van der Waals surface area contributed by atoms with Crippen LogP contribution in [0.1, 0.15) is 26.7 Å². The van der Waals surface area contributed by atoms with Gasteiger partial charge in [-0.1, -0.05) is 0 Å². The number of carbonyl (C=O) groups excluding carboxylic acids is 1. The van der Waals surface area contributed by atoms with Gasteiger partial charge in [-0.15, -0.1) is 0 Å². The third-order valence-electron chi connectivity index (χ3n) is 3.56. The molecule has 1 fully saturated rings. The Morgan fingerprint density at radius 1 is 1.56 bits per heavy atom. The van der Waals surface area contributed by atoms with E-state index in [1.165, 1.54) is 0 Å². The Hall–Kier alpha value is -1.83. The quantitative estimate of drug-likeness (QED) is 0.792. The van der Waals surface area contributed by atoms with E-state index in [-0.39, 0.29) is 11.8 Å². The third-order valence-corrected chi connectivity index (χ3v) is 3.56. The minimum absolute atomic E-state index is 0.0266. The van der Waals surface area contributed by atoms with E-state index in [1.807, 2.05) is 18.4 Å². The molecule has 5 heteroatoms. The zero-order valence-electron chi connectivity index (χ0n) is 10.8. The van der Waals surface area contributed by atoms with Crippen LogP contribution in [0.15, 0.2) is 18.7 Å². The lowest BCUT2D eigenvalue weighted by molar-refractivity contribution is -0.140. The maximum Gasteiger partial charge on any atom is 0.248 e. The number of piperidine rings is 1. The maximum atomic E-state index is 12.5. The highest BCUT2D eigenvalue weighted by molar-refractivity contribution is 5.83. The normalized spacial score (nSPS) is 20.5. The lowest BCUT2D eigenvalue weighted by atomic mass is 9.96. The molecule has 18 heavy (non-hydrogen) atoms. The highest BCUT2D eigenvalue weighted by Gasteiger charge is 2.35. The van der Waals surface area contributed by atoms with Crippen molar-refractivity contribution in [2.75, 3.05) is 13.1 Å². The van der Waals surface area contributed by atoms with Crippen molar-refractivity contribution in [2.24, 2.45) is 5.92 Å². The molecule has 1 amide bonds. The van der Waals surface area contributed by atoms with Crippen molar-refractivity contribution in [2.45, 2.75) is 32.2 Å². The molecule has 1 aliphatic heterocycles. The SMILES string of the molecule is CC(C)(C(=O)N1CCCC(C#N)C1)n1ccnc1. The average Bonchev–Trinajstić information content (AvgIpc) is 2.92. The highest BCUT2D eigenvalue weighted by Crippen LogP contribution is 2.23. The van der Waals surface area contributed by atoms with Crippen molar-refractivity contribution in [3.8, 4) is 6.07 Å². The van der Waals surface area contributed by atoms with Gasteiger partial charge in [-0.05, 0) is 26.7 Å². The van der Waals surface area contributed by atoms with Crippen LogP contribution in [0.4, 0.5) is 0 Å². The Morgan fingerprint density at radius 3 is 2.94 bits per heavy atom. The zero-order valence-corrected chi connectivity index (χ0v) is 10.8. The molecule has 96 valence electrons. The summed E-state index contributed by atoms with van der Waals surface area (Å²) in [5, 5.41) is 8.97. The van der Waals surface area contributed by atoms with Crippen LogP contribution in [0, 0.1) is 17.2 Å². The molecule has 2 rings (SSSR count). The van der Waals surface area contributed by atoms with E-state index in [9.17, 15) is 4.79 Å². The lowest BCUT2D eigenvalue weighted by Crippen LogP contribution is -2.50. The summed E-state index contributed by atoms with van der Waals surface area (Å²) in [6.45, 7) is 5.06. The molecule has 1 atom stereocenters. The van der Waals surface area contributed by atoms with Gasteiger partial charge in [0.15, 0.2) is 0 Å². The van der Waals surface area contributed by atoms with Gasteiger partial charge in [0, 0.05) is 25.5 Å². The lowest BCUT2D eigenvalue weighted by Gasteiger charge is -2.36. The molecule has 0 spiro atoms. The van der Waals surface area contributed by atoms with Crippen LogP contribution in [0.3, 0.4) is 0 Å². The molecule has 0 N–H and O–H groups in total. The zero-order chi connectivity index (χ0) is 13.2. The number of amides is 1. The molecule has 1 unspecified atom stereocenters. The molecule has 1 aromatic heterocycles. The summed E-state index contributed by atoms with van der Waals surface area (Å²) in [7, 11) is 0. The molecule has 1 aromatic rings. The fraction of sp³-hybridized carbons (Fsp3) is 0.615. The van der Waals surface area contributed by atoms with Crippen molar-refractivity contribution in [1.29, 1.82) is 5.26 Å². The number of rotatable bonds is 2. The highest BCUT2D eigenvalue weighted by atomic mass is 16.2. The van der Waals surface area contributed by atoms with Gasteiger partial charge in [0.2, 0.25) is 5.91 Å². The first kappa shape index (κ1) is 12.6. The molecular weight excluding hydrogens is 228 g/mol. The van der Waals surface area contributed by atoms with Crippen LogP contribution in [-0.2, 0) is 10.3 Å². The van der Waals surface area contributed by atoms with Gasteiger partial charge in [-0.3, -0.25) is 4.79 Å². The number of imidazole rings is 1. The maximum absolute atomic E-state index is 12.5. The van der Waals surface area contributed by atoms with Crippen molar-refractivity contribution >= 4 is 5.91 Å². The Labute approximate surface area is 107 Å². The summed E-state index contributed by atoms with van der Waals surface area (Å²) in [6.07, 6.45) is 6.92. The van der Waals surface area contributed by atoms with E-state index in [0.29, 0.717) is 6.54 Å². The standard InChI is InChI=1S/C13H18N4O/c1-13(2,17-7-5-15-10-17)12(18)16-6-3-4-11(8-14)9-16/h5,7,10-11H,3-4,6,9H2,1-2H3. The average molecular weight is 246 g/mol. The Kier molecular flexibility index (Phi) is 3.37. The van der Waals surface area contributed by atoms with Crippen molar-refractivity contribution in [3.63, 3.8) is 0 Å². The van der Waals surface area contributed by atoms with Crippen LogP contribution in [-0.4, -0.2) is 33.4 Å². The van der Waals surface area contributed by atoms with Gasteiger partial charge in [-0.2, -0.15) is 5.26 Å². The second-order valence-corrected chi connectivity index (χ2v) is 5.25. The summed E-state index contributed by atoms with van der Waals surface area (Å²) in [5.74, 6) is 0.0294. The van der Waals surface area contributed by atoms with E-state index in [4.69, 9.17) is 5.26 Å². The van der Waals surface area contributed by atoms with Crippen LogP contribution >= 0.6 is 0 Å². The molecule has 1 aliphatic rings. The van der Waals surface area contributed by atoms with Gasteiger partial charge in [-0.25, -0.2) is 4.98 Å². The topological polar surface area (TPSA) is 61.9 Å². The molecule has 5 nitrogen and oxygen atoms in total. The van der Waals surface area contributed by atoms with Gasteiger partial charge in [0.1, 0.15) is 5.54 Å². The van der Waals surface area contributed by atoms with Crippen LogP contribution in [0.5, 0.6) is 0 Å². The Balaban J connectivity index is 2.14. The second kappa shape index (κ2) is 4.81. The number of likely N-dealkylation sites (tertiary alicyclic amines) is 1. The van der Waals surface area contributed by atoms with Gasteiger partial charge in [0.05, 0.1) is 18.3 Å². The van der Waals surface area contributed by atoms with E-state index >= 15 is 0 Å². The molecule has 0 bridgehead atoms. The fourth-order valence-electron chi connectivity index (χ4n) is 2.35. The van der Waals surface area contributed by atoms with Gasteiger partial charge in [0.25, 0.3) is 0 Å². The fourth-order valence-corrected chi connectivity index (χ4v) is 2.35. The number of carbonyl (C=O) groups is 1. The number of nitrogens with zero attached hydrogens (tertiary/aromatic N) is 4. The first-order valence-electron chi connectivity index (χ1n) is 6.23. The molecule has 2 heterocycles. The smallest absolute Gasteiger partial charge is 0.248 e. The minimum Gasteiger partial charge on any atom is -0.339 e. The molecule has 0 aromatic carbocycles. The van der Waals surface area contributed by atoms with Crippen LogP contribution in [0.2, 0.25) is 0 Å².